The topological polar surface area (TPSA) is 58.6 Å². The number of amides is 1. The van der Waals surface area contributed by atoms with Crippen molar-refractivity contribution in [2.24, 2.45) is 0 Å². The van der Waals surface area contributed by atoms with Crippen LogP contribution in [0, 0.1) is 0 Å². The van der Waals surface area contributed by atoms with E-state index in [9.17, 15) is 9.90 Å². The third-order valence-electron chi connectivity index (χ3n) is 2.31. The summed E-state index contributed by atoms with van der Waals surface area (Å²) in [6, 6.07) is 6.25. The summed E-state index contributed by atoms with van der Waals surface area (Å²) in [6.45, 7) is 0.395. The maximum atomic E-state index is 11.9. The van der Waals surface area contributed by atoms with E-state index in [1.165, 1.54) is 6.07 Å². The van der Waals surface area contributed by atoms with Gasteiger partial charge in [-0.2, -0.15) is 0 Å². The Morgan fingerprint density at radius 3 is 2.82 bits per heavy atom. The molecule has 1 aromatic carbocycles. The molecule has 4 nitrogen and oxygen atoms in total. The van der Waals surface area contributed by atoms with Crippen LogP contribution in [-0.2, 0) is 4.74 Å². The van der Waals surface area contributed by atoms with E-state index in [1.807, 2.05) is 0 Å². The van der Waals surface area contributed by atoms with Crippen molar-refractivity contribution in [1.82, 2.24) is 5.32 Å². The lowest BCUT2D eigenvalue weighted by Gasteiger charge is -2.17. The zero-order chi connectivity index (χ0) is 12.7. The number of hydrogen-bond acceptors (Lipinski definition) is 3. The van der Waals surface area contributed by atoms with Gasteiger partial charge in [0, 0.05) is 13.0 Å². The van der Waals surface area contributed by atoms with Crippen molar-refractivity contribution in [2.45, 2.75) is 12.5 Å². The van der Waals surface area contributed by atoms with Crippen LogP contribution in [0.5, 0.6) is 5.75 Å². The van der Waals surface area contributed by atoms with E-state index < -0.39 is 0 Å². The number of rotatable bonds is 6. The van der Waals surface area contributed by atoms with Crippen LogP contribution in [-0.4, -0.2) is 36.7 Å². The molecule has 0 fully saturated rings. The Balaban J connectivity index is 2.67. The lowest BCUT2D eigenvalue weighted by molar-refractivity contribution is 0.0892. The molecule has 0 spiro atoms. The number of halogens is 1. The highest BCUT2D eigenvalue weighted by atomic mass is 35.5. The zero-order valence-electron chi connectivity index (χ0n) is 9.65. The van der Waals surface area contributed by atoms with E-state index in [-0.39, 0.29) is 23.3 Å². The van der Waals surface area contributed by atoms with E-state index in [0.717, 1.165) is 0 Å². The molecule has 1 unspecified atom stereocenters. The van der Waals surface area contributed by atoms with Crippen LogP contribution in [0.25, 0.3) is 0 Å². The second-order valence-electron chi connectivity index (χ2n) is 3.62. The minimum absolute atomic E-state index is 0.0351. The van der Waals surface area contributed by atoms with Gasteiger partial charge in [-0.25, -0.2) is 0 Å². The summed E-state index contributed by atoms with van der Waals surface area (Å²) in [6.07, 6.45) is 0.620. The molecule has 5 heteroatoms. The predicted octanol–water partition coefficient (Wildman–Crippen LogP) is 1.77. The molecule has 1 amide bonds. The molecule has 17 heavy (non-hydrogen) atoms. The van der Waals surface area contributed by atoms with E-state index in [2.05, 4.69) is 5.32 Å². The van der Waals surface area contributed by atoms with E-state index in [4.69, 9.17) is 16.3 Å². The summed E-state index contributed by atoms with van der Waals surface area (Å²) >= 11 is 5.64. The molecule has 0 aromatic heterocycles. The second-order valence-corrected chi connectivity index (χ2v) is 4.00. The van der Waals surface area contributed by atoms with E-state index in [0.29, 0.717) is 18.9 Å². The number of alkyl halides is 1. The van der Waals surface area contributed by atoms with Crippen LogP contribution in [0.4, 0.5) is 0 Å². The van der Waals surface area contributed by atoms with Crippen molar-refractivity contribution in [3.63, 3.8) is 0 Å². The number of ether oxygens (including phenoxy) is 1. The highest BCUT2D eigenvalue weighted by molar-refractivity contribution is 6.17. The van der Waals surface area contributed by atoms with Crippen molar-refractivity contribution in [2.75, 3.05) is 19.6 Å². The fourth-order valence-corrected chi connectivity index (χ4v) is 1.72. The standard InChI is InChI=1S/C12H16ClNO3/c1-17-8-9(6-7-13)14-12(16)10-4-2-3-5-11(10)15/h2-5,9,15H,6-8H2,1H3,(H,14,16). The number of aromatic hydroxyl groups is 1. The average molecular weight is 258 g/mol. The van der Waals surface area contributed by atoms with Gasteiger partial charge in [0.25, 0.3) is 5.91 Å². The van der Waals surface area contributed by atoms with Crippen LogP contribution in [0.3, 0.4) is 0 Å². The quantitative estimate of drug-likeness (QED) is 0.764. The van der Waals surface area contributed by atoms with E-state index >= 15 is 0 Å². The van der Waals surface area contributed by atoms with E-state index in [1.54, 1.807) is 25.3 Å². The molecule has 1 atom stereocenters. The Morgan fingerprint density at radius 1 is 1.53 bits per heavy atom. The Hall–Kier alpha value is -1.26. The van der Waals surface area contributed by atoms with Gasteiger partial charge in [0.1, 0.15) is 5.75 Å². The van der Waals surface area contributed by atoms with Crippen molar-refractivity contribution < 1.29 is 14.6 Å². The molecule has 0 aliphatic carbocycles. The zero-order valence-corrected chi connectivity index (χ0v) is 10.4. The molecule has 0 bridgehead atoms. The molecule has 0 aliphatic rings. The Morgan fingerprint density at radius 2 is 2.24 bits per heavy atom. The number of carbonyl (C=O) groups excluding carboxylic acids is 1. The summed E-state index contributed by atoms with van der Waals surface area (Å²) in [7, 11) is 1.56. The third-order valence-corrected chi connectivity index (χ3v) is 2.53. The molecule has 0 saturated carbocycles. The summed E-state index contributed by atoms with van der Waals surface area (Å²) in [4.78, 5) is 11.9. The van der Waals surface area contributed by atoms with Gasteiger partial charge >= 0.3 is 0 Å². The summed E-state index contributed by atoms with van der Waals surface area (Å²) in [5.41, 5.74) is 0.253. The van der Waals surface area contributed by atoms with Crippen molar-refractivity contribution in [1.29, 1.82) is 0 Å². The largest absolute Gasteiger partial charge is 0.507 e. The van der Waals surface area contributed by atoms with Gasteiger partial charge in [-0.15, -0.1) is 11.6 Å². The predicted molar refractivity (Wildman–Crippen MR) is 66.6 cm³/mol. The number of phenolic OH excluding ortho intramolecular Hbond substituents is 1. The van der Waals surface area contributed by atoms with Crippen LogP contribution >= 0.6 is 11.6 Å². The van der Waals surface area contributed by atoms with Gasteiger partial charge in [-0.1, -0.05) is 12.1 Å². The highest BCUT2D eigenvalue weighted by Gasteiger charge is 2.15. The van der Waals surface area contributed by atoms with Gasteiger partial charge in [0.15, 0.2) is 0 Å². The highest BCUT2D eigenvalue weighted by Crippen LogP contribution is 2.15. The Bertz CT molecular complexity index is 365. The van der Waals surface area contributed by atoms with Gasteiger partial charge in [-0.05, 0) is 18.6 Å². The van der Waals surface area contributed by atoms with Crippen LogP contribution in [0.2, 0.25) is 0 Å². The van der Waals surface area contributed by atoms with Crippen molar-refractivity contribution in [3.8, 4) is 5.75 Å². The molecule has 94 valence electrons. The number of carbonyl (C=O) groups is 1. The Labute approximate surface area is 106 Å². The monoisotopic (exact) mass is 257 g/mol. The van der Waals surface area contributed by atoms with Gasteiger partial charge in [0.2, 0.25) is 0 Å². The first-order valence-electron chi connectivity index (χ1n) is 5.32. The normalized spacial score (nSPS) is 12.1. The maximum absolute atomic E-state index is 11.9. The van der Waals surface area contributed by atoms with Crippen molar-refractivity contribution >= 4 is 17.5 Å². The Kier molecular flexibility index (Phi) is 5.80. The summed E-state index contributed by atoms with van der Waals surface area (Å²) in [5.74, 6) is 0.0806. The number of hydrogen-bond donors (Lipinski definition) is 2. The number of nitrogens with one attached hydrogen (secondary N) is 1. The van der Waals surface area contributed by atoms with Crippen LogP contribution < -0.4 is 5.32 Å². The third kappa shape index (κ3) is 4.24. The molecule has 1 aromatic rings. The smallest absolute Gasteiger partial charge is 0.255 e. The first-order chi connectivity index (χ1) is 8.19. The minimum Gasteiger partial charge on any atom is -0.507 e. The van der Waals surface area contributed by atoms with Crippen LogP contribution in [0.1, 0.15) is 16.8 Å². The molecular formula is C12H16ClNO3. The van der Waals surface area contributed by atoms with Crippen molar-refractivity contribution in [3.05, 3.63) is 29.8 Å². The number of methoxy groups -OCH3 is 1. The fourth-order valence-electron chi connectivity index (χ4n) is 1.46. The molecule has 0 aliphatic heterocycles. The molecule has 2 N–H and O–H groups in total. The lowest BCUT2D eigenvalue weighted by Crippen LogP contribution is -2.38. The first-order valence-corrected chi connectivity index (χ1v) is 5.86. The average Bonchev–Trinajstić information content (AvgIpc) is 2.30. The van der Waals surface area contributed by atoms with Gasteiger partial charge in [0.05, 0.1) is 18.2 Å². The van der Waals surface area contributed by atoms with Crippen LogP contribution in [0.15, 0.2) is 24.3 Å². The summed E-state index contributed by atoms with van der Waals surface area (Å²) in [5, 5.41) is 12.3. The summed E-state index contributed by atoms with van der Waals surface area (Å²) < 4.78 is 4.99. The molecule has 0 radical (unpaired) electrons. The first kappa shape index (κ1) is 13.8. The fraction of sp³-hybridized carbons (Fsp3) is 0.417. The van der Waals surface area contributed by atoms with Gasteiger partial charge < -0.3 is 15.2 Å². The SMILES string of the molecule is COCC(CCCl)NC(=O)c1ccccc1O. The maximum Gasteiger partial charge on any atom is 0.255 e. The molecule has 0 saturated heterocycles. The number of phenols is 1. The molecular weight excluding hydrogens is 242 g/mol. The minimum atomic E-state index is -0.324. The van der Waals surface area contributed by atoms with Gasteiger partial charge in [-0.3, -0.25) is 4.79 Å². The molecule has 0 heterocycles. The number of benzene rings is 1. The lowest BCUT2D eigenvalue weighted by atomic mass is 10.1. The molecule has 1 rings (SSSR count). The number of para-hydroxylation sites is 1. The second kappa shape index (κ2) is 7.14.